The molecule has 3 aromatic rings. The number of hydrogen-bond acceptors (Lipinski definition) is 4. The minimum Gasteiger partial charge on any atom is -0.494 e. The van der Waals surface area contributed by atoms with E-state index in [0.717, 1.165) is 21.3 Å². The molecular formula is C22H23ClF3N3O3. The molecule has 0 aliphatic heterocycles. The number of rotatable bonds is 6. The highest BCUT2D eigenvalue weighted by molar-refractivity contribution is 5.85. The normalized spacial score (nSPS) is 11.7. The fourth-order valence-electron chi connectivity index (χ4n) is 3.45. The van der Waals surface area contributed by atoms with Crippen molar-refractivity contribution in [3.63, 3.8) is 0 Å². The van der Waals surface area contributed by atoms with Crippen molar-refractivity contribution in [2.45, 2.75) is 33.0 Å². The fourth-order valence-corrected chi connectivity index (χ4v) is 3.45. The van der Waals surface area contributed by atoms with Gasteiger partial charge in [-0.25, -0.2) is 18.0 Å². The topological polar surface area (TPSA) is 79.2 Å². The number of ether oxygens (including phenoxy) is 1. The lowest BCUT2D eigenvalue weighted by Crippen LogP contribution is -2.45. The summed E-state index contributed by atoms with van der Waals surface area (Å²) in [4.78, 5) is 26.2. The molecule has 0 radical (unpaired) electrons. The summed E-state index contributed by atoms with van der Waals surface area (Å²) < 4.78 is 50.4. The Morgan fingerprint density at radius 2 is 1.62 bits per heavy atom. The Hall–Kier alpha value is -3.04. The molecule has 0 aliphatic rings. The Morgan fingerprint density at radius 3 is 2.19 bits per heavy atom. The number of halogens is 4. The Balaban J connectivity index is 0.00000363. The van der Waals surface area contributed by atoms with Crippen molar-refractivity contribution in [2.75, 3.05) is 7.11 Å². The highest BCUT2D eigenvalue weighted by Gasteiger charge is 2.23. The van der Waals surface area contributed by atoms with Gasteiger partial charge in [0, 0.05) is 29.4 Å². The number of nitrogens with two attached hydrogens (primary N) is 1. The molecule has 2 N–H and O–H groups in total. The van der Waals surface area contributed by atoms with Crippen LogP contribution in [0.3, 0.4) is 0 Å². The molecule has 1 atom stereocenters. The minimum atomic E-state index is -0.842. The molecule has 0 amide bonds. The van der Waals surface area contributed by atoms with Crippen molar-refractivity contribution < 1.29 is 17.9 Å². The molecule has 0 spiro atoms. The molecule has 10 heteroatoms. The zero-order valence-electron chi connectivity index (χ0n) is 17.7. The van der Waals surface area contributed by atoms with E-state index in [0.29, 0.717) is 0 Å². The lowest BCUT2D eigenvalue weighted by atomic mass is 10.0. The van der Waals surface area contributed by atoms with Gasteiger partial charge in [-0.1, -0.05) is 18.2 Å². The zero-order chi connectivity index (χ0) is 22.9. The van der Waals surface area contributed by atoms with Gasteiger partial charge < -0.3 is 10.5 Å². The van der Waals surface area contributed by atoms with Gasteiger partial charge in [-0.3, -0.25) is 13.9 Å². The maximum absolute atomic E-state index is 15.0. The SMILES string of the molecule is COc1cccc(-c2c(C)n(Cc3c(F)cccc3F)c(=O)n(C[C@@H](C)N)c2=O)c1F.Cl. The van der Waals surface area contributed by atoms with Crippen molar-refractivity contribution >= 4 is 12.4 Å². The van der Waals surface area contributed by atoms with Crippen LogP contribution in [0, 0.1) is 24.4 Å². The van der Waals surface area contributed by atoms with E-state index in [1.807, 2.05) is 0 Å². The first-order valence-corrected chi connectivity index (χ1v) is 9.52. The maximum Gasteiger partial charge on any atom is 0.331 e. The van der Waals surface area contributed by atoms with Crippen molar-refractivity contribution in [1.82, 2.24) is 9.13 Å². The molecule has 1 heterocycles. The predicted molar refractivity (Wildman–Crippen MR) is 118 cm³/mol. The summed E-state index contributed by atoms with van der Waals surface area (Å²) in [6, 6.07) is 7.03. The second-order valence-electron chi connectivity index (χ2n) is 7.24. The molecule has 0 bridgehead atoms. The number of aromatic nitrogens is 2. The molecule has 6 nitrogen and oxygen atoms in total. The summed E-state index contributed by atoms with van der Waals surface area (Å²) in [6.45, 7) is 2.38. The summed E-state index contributed by atoms with van der Waals surface area (Å²) in [5.74, 6) is -2.57. The average molecular weight is 470 g/mol. The Kier molecular flexibility index (Phi) is 7.92. The second-order valence-corrected chi connectivity index (χ2v) is 7.24. The number of nitrogens with zero attached hydrogens (tertiary/aromatic N) is 2. The van der Waals surface area contributed by atoms with Crippen molar-refractivity contribution in [3.05, 3.63) is 85.9 Å². The van der Waals surface area contributed by atoms with Gasteiger partial charge in [0.05, 0.1) is 19.2 Å². The molecule has 0 aliphatic carbocycles. The number of hydrogen-bond donors (Lipinski definition) is 1. The van der Waals surface area contributed by atoms with Crippen LogP contribution in [0.5, 0.6) is 5.75 Å². The van der Waals surface area contributed by atoms with E-state index in [1.165, 1.54) is 38.3 Å². The van der Waals surface area contributed by atoms with E-state index in [4.69, 9.17) is 10.5 Å². The lowest BCUT2D eigenvalue weighted by Gasteiger charge is -2.19. The molecule has 2 aromatic carbocycles. The first kappa shape index (κ1) is 25.2. The molecule has 0 saturated heterocycles. The zero-order valence-corrected chi connectivity index (χ0v) is 18.5. The average Bonchev–Trinajstić information content (AvgIpc) is 2.71. The third-order valence-electron chi connectivity index (χ3n) is 4.99. The summed E-state index contributed by atoms with van der Waals surface area (Å²) in [7, 11) is 1.28. The first-order chi connectivity index (χ1) is 14.7. The van der Waals surface area contributed by atoms with Crippen LogP contribution in [0.1, 0.15) is 18.2 Å². The third kappa shape index (κ3) is 4.58. The Labute approximate surface area is 188 Å². The van der Waals surface area contributed by atoms with E-state index >= 15 is 0 Å². The van der Waals surface area contributed by atoms with E-state index in [9.17, 15) is 22.8 Å². The molecule has 0 saturated carbocycles. The fraction of sp³-hybridized carbons (Fsp3) is 0.273. The predicted octanol–water partition coefficient (Wildman–Crippen LogP) is 3.23. The highest BCUT2D eigenvalue weighted by Crippen LogP contribution is 2.29. The largest absolute Gasteiger partial charge is 0.494 e. The first-order valence-electron chi connectivity index (χ1n) is 9.52. The molecule has 32 heavy (non-hydrogen) atoms. The maximum atomic E-state index is 15.0. The van der Waals surface area contributed by atoms with E-state index in [1.54, 1.807) is 6.92 Å². The summed E-state index contributed by atoms with van der Waals surface area (Å²) in [6.07, 6.45) is 0. The summed E-state index contributed by atoms with van der Waals surface area (Å²) in [5, 5.41) is 0. The number of methoxy groups -OCH3 is 1. The van der Waals surface area contributed by atoms with Crippen LogP contribution < -0.4 is 21.7 Å². The standard InChI is InChI=1S/C22H22F3N3O3.ClH/c1-12(26)10-28-21(29)19(14-6-4-9-18(31-3)20(14)25)13(2)27(22(28)30)11-15-16(23)7-5-8-17(15)24;/h4-9,12H,10-11,26H2,1-3H3;1H/t12-;/m1./s1. The van der Waals surface area contributed by atoms with Crippen LogP contribution in [-0.2, 0) is 13.1 Å². The smallest absolute Gasteiger partial charge is 0.331 e. The van der Waals surface area contributed by atoms with Gasteiger partial charge in [-0.05, 0) is 32.0 Å². The molecular weight excluding hydrogens is 447 g/mol. The molecule has 3 rings (SSSR count). The van der Waals surface area contributed by atoms with Gasteiger partial charge in [-0.2, -0.15) is 0 Å². The second kappa shape index (κ2) is 10.1. The summed E-state index contributed by atoms with van der Waals surface area (Å²) >= 11 is 0. The van der Waals surface area contributed by atoms with Crippen LogP contribution in [0.25, 0.3) is 11.1 Å². The molecule has 172 valence electrons. The van der Waals surface area contributed by atoms with Gasteiger partial charge in [0.25, 0.3) is 5.56 Å². The van der Waals surface area contributed by atoms with Gasteiger partial charge in [0.2, 0.25) is 0 Å². The lowest BCUT2D eigenvalue weighted by molar-refractivity contribution is 0.387. The highest BCUT2D eigenvalue weighted by atomic mass is 35.5. The molecule has 0 fully saturated rings. The van der Waals surface area contributed by atoms with Crippen molar-refractivity contribution in [1.29, 1.82) is 0 Å². The van der Waals surface area contributed by atoms with Crippen molar-refractivity contribution in [2.24, 2.45) is 5.73 Å². The molecule has 1 aromatic heterocycles. The Morgan fingerprint density at radius 1 is 1.03 bits per heavy atom. The van der Waals surface area contributed by atoms with Gasteiger partial charge >= 0.3 is 5.69 Å². The third-order valence-corrected chi connectivity index (χ3v) is 4.99. The van der Waals surface area contributed by atoms with Gasteiger partial charge in [0.1, 0.15) is 11.6 Å². The van der Waals surface area contributed by atoms with Gasteiger partial charge in [0.15, 0.2) is 11.6 Å². The van der Waals surface area contributed by atoms with Crippen LogP contribution in [0.4, 0.5) is 13.2 Å². The monoisotopic (exact) mass is 469 g/mol. The van der Waals surface area contributed by atoms with E-state index < -0.39 is 41.3 Å². The number of benzene rings is 2. The van der Waals surface area contributed by atoms with E-state index in [-0.39, 0.29) is 47.1 Å². The molecule has 0 unspecified atom stereocenters. The van der Waals surface area contributed by atoms with Gasteiger partial charge in [-0.15, -0.1) is 12.4 Å². The van der Waals surface area contributed by atoms with Crippen molar-refractivity contribution in [3.8, 4) is 16.9 Å². The van der Waals surface area contributed by atoms with Crippen LogP contribution in [0.15, 0.2) is 46.0 Å². The summed E-state index contributed by atoms with van der Waals surface area (Å²) in [5.41, 5.74) is 3.74. The minimum absolute atomic E-state index is 0. The van der Waals surface area contributed by atoms with Crippen LogP contribution in [0.2, 0.25) is 0 Å². The van der Waals surface area contributed by atoms with E-state index in [2.05, 4.69) is 0 Å². The van der Waals surface area contributed by atoms with Crippen LogP contribution >= 0.6 is 12.4 Å². The van der Waals surface area contributed by atoms with Crippen LogP contribution in [-0.4, -0.2) is 22.3 Å². The Bertz CT molecular complexity index is 1240. The quantitative estimate of drug-likeness (QED) is 0.601.